The van der Waals surface area contributed by atoms with E-state index in [1.807, 2.05) is 65.7 Å². The van der Waals surface area contributed by atoms with Gasteiger partial charge in [-0.05, 0) is 24.1 Å². The van der Waals surface area contributed by atoms with Gasteiger partial charge in [0.25, 0.3) is 5.56 Å². The monoisotopic (exact) mass is 531 g/mol. The second-order valence-electron chi connectivity index (χ2n) is 9.33. The molecule has 0 aliphatic carbocycles. The third-order valence-corrected chi connectivity index (χ3v) is 7.91. The minimum atomic E-state index is -0.0917. The van der Waals surface area contributed by atoms with Crippen LogP contribution in [0.25, 0.3) is 22.2 Å². The number of thioether (sulfide) groups is 1. The number of aromatic nitrogens is 3. The molecule has 0 spiro atoms. The molecule has 198 valence electrons. The van der Waals surface area contributed by atoms with Crippen LogP contribution in [0.5, 0.6) is 5.75 Å². The maximum absolute atomic E-state index is 13.4. The van der Waals surface area contributed by atoms with Gasteiger partial charge in [0, 0.05) is 44.5 Å². The van der Waals surface area contributed by atoms with E-state index < -0.39 is 0 Å². The molecule has 3 heterocycles. The molecule has 38 heavy (non-hydrogen) atoms. The number of aromatic amines is 1. The number of carbonyl (C=O) groups is 1. The van der Waals surface area contributed by atoms with Gasteiger partial charge in [0.1, 0.15) is 16.8 Å². The van der Waals surface area contributed by atoms with Gasteiger partial charge in [-0.15, -0.1) is 0 Å². The lowest BCUT2D eigenvalue weighted by Crippen LogP contribution is -2.49. The molecule has 5 rings (SSSR count). The van der Waals surface area contributed by atoms with Crippen LogP contribution in [0.2, 0.25) is 0 Å². The Balaban J connectivity index is 1.32. The van der Waals surface area contributed by atoms with E-state index in [1.54, 1.807) is 11.7 Å². The number of methoxy groups -OCH3 is 1. The van der Waals surface area contributed by atoms with Crippen LogP contribution in [0.4, 0.5) is 5.69 Å². The predicted octanol–water partition coefficient (Wildman–Crippen LogP) is 4.64. The molecule has 9 heteroatoms. The van der Waals surface area contributed by atoms with Crippen LogP contribution in [-0.2, 0) is 11.3 Å². The number of piperazine rings is 1. The van der Waals surface area contributed by atoms with E-state index in [1.165, 1.54) is 11.8 Å². The highest BCUT2D eigenvalue weighted by Crippen LogP contribution is 2.30. The fraction of sp³-hybridized carbons (Fsp3) is 0.345. The molecule has 1 amide bonds. The number of nitrogens with zero attached hydrogens (tertiary/aromatic N) is 4. The smallest absolute Gasteiger partial charge is 0.278 e. The summed E-state index contributed by atoms with van der Waals surface area (Å²) in [6, 6.07) is 17.9. The van der Waals surface area contributed by atoms with E-state index in [0.29, 0.717) is 35.8 Å². The Kier molecular flexibility index (Phi) is 8.03. The van der Waals surface area contributed by atoms with E-state index in [-0.39, 0.29) is 17.2 Å². The van der Waals surface area contributed by atoms with Crippen molar-refractivity contribution in [3.05, 3.63) is 71.1 Å². The summed E-state index contributed by atoms with van der Waals surface area (Å²) in [6.07, 6.45) is 3.68. The zero-order valence-electron chi connectivity index (χ0n) is 21.9. The molecule has 0 unspecified atom stereocenters. The maximum Gasteiger partial charge on any atom is 0.278 e. The number of unbranched alkanes of at least 4 members (excludes halogenated alkanes) is 1. The molecule has 8 nitrogen and oxygen atoms in total. The lowest BCUT2D eigenvalue weighted by atomic mass is 10.1. The van der Waals surface area contributed by atoms with Crippen LogP contribution in [0.15, 0.2) is 70.7 Å². The SMILES string of the molecule is CCCCn1c(SCC(=O)N2CCN(c3ccccc3OC)CC2)nc2c(-c3ccccc3)c[nH]c2c1=O. The average molecular weight is 532 g/mol. The van der Waals surface area contributed by atoms with E-state index in [4.69, 9.17) is 9.72 Å². The number of ether oxygens (including phenoxy) is 1. The standard InChI is InChI=1S/C29H33N5O3S/c1-3-4-14-34-28(36)27-26(22(19-30-27)21-10-6-5-7-11-21)31-29(34)38-20-25(35)33-17-15-32(16-18-33)23-12-8-9-13-24(23)37-2/h5-13,19,30H,3-4,14-18,20H2,1-2H3. The van der Waals surface area contributed by atoms with E-state index in [9.17, 15) is 9.59 Å². The largest absolute Gasteiger partial charge is 0.495 e. The zero-order chi connectivity index (χ0) is 26.5. The Morgan fingerprint density at radius 1 is 1.05 bits per heavy atom. The van der Waals surface area contributed by atoms with Gasteiger partial charge in [-0.3, -0.25) is 14.2 Å². The first-order valence-corrected chi connectivity index (χ1v) is 14.0. The number of rotatable bonds is 9. The van der Waals surface area contributed by atoms with Crippen molar-refractivity contribution < 1.29 is 9.53 Å². The van der Waals surface area contributed by atoms with Gasteiger partial charge in [-0.2, -0.15) is 0 Å². The Labute approximate surface area is 226 Å². The quantitative estimate of drug-likeness (QED) is 0.250. The highest BCUT2D eigenvalue weighted by atomic mass is 32.2. The first kappa shape index (κ1) is 25.9. The Morgan fingerprint density at radius 2 is 1.79 bits per heavy atom. The second kappa shape index (κ2) is 11.8. The van der Waals surface area contributed by atoms with Crippen LogP contribution < -0.4 is 15.2 Å². The van der Waals surface area contributed by atoms with Gasteiger partial charge in [-0.1, -0.05) is 67.6 Å². The minimum absolute atomic E-state index is 0.0587. The van der Waals surface area contributed by atoms with Gasteiger partial charge in [0.05, 0.1) is 18.6 Å². The number of nitrogens with one attached hydrogen (secondary N) is 1. The maximum atomic E-state index is 13.4. The molecule has 1 saturated heterocycles. The fourth-order valence-electron chi connectivity index (χ4n) is 4.84. The lowest BCUT2D eigenvalue weighted by molar-refractivity contribution is -0.128. The molecule has 1 aliphatic heterocycles. The number of carbonyl (C=O) groups excluding carboxylic acids is 1. The average Bonchev–Trinajstić information content (AvgIpc) is 3.40. The molecule has 0 bridgehead atoms. The summed E-state index contributed by atoms with van der Waals surface area (Å²) in [6.45, 7) is 5.44. The topological polar surface area (TPSA) is 83.5 Å². The van der Waals surface area contributed by atoms with Gasteiger partial charge in [-0.25, -0.2) is 4.98 Å². The molecule has 2 aromatic heterocycles. The first-order chi connectivity index (χ1) is 18.6. The number of hydrogen-bond donors (Lipinski definition) is 1. The molecule has 1 N–H and O–H groups in total. The number of amides is 1. The van der Waals surface area contributed by atoms with Crippen LogP contribution in [0.3, 0.4) is 0 Å². The summed E-state index contributed by atoms with van der Waals surface area (Å²) in [5, 5.41) is 0.591. The fourth-order valence-corrected chi connectivity index (χ4v) is 5.76. The molecule has 0 atom stereocenters. The molecular formula is C29H33N5O3S. The number of benzene rings is 2. The molecule has 0 saturated carbocycles. The Bertz CT molecular complexity index is 1460. The van der Waals surface area contributed by atoms with Gasteiger partial charge >= 0.3 is 0 Å². The summed E-state index contributed by atoms with van der Waals surface area (Å²) in [7, 11) is 1.68. The second-order valence-corrected chi connectivity index (χ2v) is 10.3. The van der Waals surface area contributed by atoms with Crippen molar-refractivity contribution in [2.24, 2.45) is 0 Å². The number of para-hydroxylation sites is 2. The normalized spacial score (nSPS) is 13.7. The minimum Gasteiger partial charge on any atom is -0.495 e. The van der Waals surface area contributed by atoms with Crippen molar-refractivity contribution >= 4 is 34.4 Å². The number of anilines is 1. The van der Waals surface area contributed by atoms with Crippen LogP contribution >= 0.6 is 11.8 Å². The number of H-pyrrole nitrogens is 1. The molecule has 0 radical (unpaired) electrons. The number of fused-ring (bicyclic) bond motifs is 1. The summed E-state index contributed by atoms with van der Waals surface area (Å²) < 4.78 is 7.22. The van der Waals surface area contributed by atoms with Gasteiger partial charge < -0.3 is 19.5 Å². The van der Waals surface area contributed by atoms with E-state index in [2.05, 4.69) is 16.8 Å². The highest BCUT2D eigenvalue weighted by Gasteiger charge is 2.24. The lowest BCUT2D eigenvalue weighted by Gasteiger charge is -2.36. The van der Waals surface area contributed by atoms with Crippen molar-refractivity contribution in [2.45, 2.75) is 31.5 Å². The Morgan fingerprint density at radius 3 is 2.53 bits per heavy atom. The van der Waals surface area contributed by atoms with Crippen LogP contribution in [0, 0.1) is 0 Å². The third kappa shape index (κ3) is 5.29. The summed E-state index contributed by atoms with van der Waals surface area (Å²) in [4.78, 5) is 38.8. The molecular weight excluding hydrogens is 498 g/mol. The summed E-state index contributed by atoms with van der Waals surface area (Å²) in [5.74, 6) is 1.14. The summed E-state index contributed by atoms with van der Waals surface area (Å²) >= 11 is 1.35. The van der Waals surface area contributed by atoms with Gasteiger partial charge in [0.15, 0.2) is 5.16 Å². The summed E-state index contributed by atoms with van der Waals surface area (Å²) in [5.41, 5.74) is 4.00. The highest BCUT2D eigenvalue weighted by molar-refractivity contribution is 7.99. The van der Waals surface area contributed by atoms with E-state index in [0.717, 1.165) is 48.5 Å². The zero-order valence-corrected chi connectivity index (χ0v) is 22.7. The number of hydrogen-bond acceptors (Lipinski definition) is 6. The van der Waals surface area contributed by atoms with E-state index >= 15 is 0 Å². The van der Waals surface area contributed by atoms with Crippen molar-refractivity contribution in [2.75, 3.05) is 43.9 Å². The van der Waals surface area contributed by atoms with Crippen molar-refractivity contribution in [1.29, 1.82) is 0 Å². The third-order valence-electron chi connectivity index (χ3n) is 6.95. The van der Waals surface area contributed by atoms with Gasteiger partial charge in [0.2, 0.25) is 5.91 Å². The first-order valence-electron chi connectivity index (χ1n) is 13.1. The predicted molar refractivity (Wildman–Crippen MR) is 153 cm³/mol. The van der Waals surface area contributed by atoms with Crippen molar-refractivity contribution in [3.8, 4) is 16.9 Å². The molecule has 2 aromatic carbocycles. The van der Waals surface area contributed by atoms with Crippen molar-refractivity contribution in [3.63, 3.8) is 0 Å². The van der Waals surface area contributed by atoms with Crippen LogP contribution in [0.1, 0.15) is 19.8 Å². The van der Waals surface area contributed by atoms with Crippen molar-refractivity contribution in [1.82, 2.24) is 19.4 Å². The molecule has 1 aliphatic rings. The molecule has 4 aromatic rings. The Hall–Kier alpha value is -3.72. The van der Waals surface area contributed by atoms with Crippen LogP contribution in [-0.4, -0.2) is 64.4 Å². The molecule has 1 fully saturated rings.